The first kappa shape index (κ1) is 26.9. The molecule has 8 heteroatoms. The van der Waals surface area contributed by atoms with Crippen LogP contribution in [0.1, 0.15) is 61.3 Å². The van der Waals surface area contributed by atoms with Crippen LogP contribution in [0.5, 0.6) is 0 Å². The summed E-state index contributed by atoms with van der Waals surface area (Å²) in [6.07, 6.45) is 8.08. The normalized spacial score (nSPS) is 34.1. The molecule has 0 aromatic heterocycles. The Kier molecular flexibility index (Phi) is 6.92. The van der Waals surface area contributed by atoms with E-state index in [0.29, 0.717) is 6.54 Å². The second kappa shape index (κ2) is 9.28. The van der Waals surface area contributed by atoms with Crippen molar-refractivity contribution >= 4 is 17.8 Å². The van der Waals surface area contributed by atoms with Crippen molar-refractivity contribution in [2.24, 2.45) is 23.2 Å². The van der Waals surface area contributed by atoms with Crippen LogP contribution in [0.3, 0.4) is 0 Å². The van der Waals surface area contributed by atoms with Gasteiger partial charge < -0.3 is 24.4 Å². The summed E-state index contributed by atoms with van der Waals surface area (Å²) < 4.78 is 12.0. The first-order valence-corrected chi connectivity index (χ1v) is 13.2. The van der Waals surface area contributed by atoms with Gasteiger partial charge in [-0.25, -0.2) is 0 Å². The Morgan fingerprint density at radius 2 is 1.83 bits per heavy atom. The molecule has 7 atom stereocenters. The van der Waals surface area contributed by atoms with Crippen molar-refractivity contribution in [1.29, 1.82) is 0 Å². The van der Waals surface area contributed by atoms with E-state index >= 15 is 0 Å². The van der Waals surface area contributed by atoms with E-state index in [1.165, 1.54) is 0 Å². The van der Waals surface area contributed by atoms with Gasteiger partial charge in [-0.3, -0.25) is 14.4 Å². The van der Waals surface area contributed by atoms with E-state index < -0.39 is 47.1 Å². The third kappa shape index (κ3) is 4.20. The molecule has 36 heavy (non-hydrogen) atoms. The van der Waals surface area contributed by atoms with E-state index in [4.69, 9.17) is 9.47 Å². The smallest absolute Gasteiger partial charge is 0.313 e. The van der Waals surface area contributed by atoms with Crippen LogP contribution in [0, 0.1) is 23.2 Å². The van der Waals surface area contributed by atoms with Gasteiger partial charge in [0.05, 0.1) is 24.7 Å². The number of cyclic esters (lactones) is 1. The maximum atomic E-state index is 14.5. The zero-order valence-electron chi connectivity index (χ0n) is 22.7. The molecule has 8 nitrogen and oxygen atoms in total. The van der Waals surface area contributed by atoms with Crippen molar-refractivity contribution < 1.29 is 29.0 Å². The predicted octanol–water partition coefficient (Wildman–Crippen LogP) is 2.70. The Balaban J connectivity index is 1.86. The van der Waals surface area contributed by atoms with E-state index in [1.807, 2.05) is 30.9 Å². The van der Waals surface area contributed by atoms with Gasteiger partial charge in [0.25, 0.3) is 0 Å². The fourth-order valence-electron chi connectivity index (χ4n) is 7.02. The number of rotatable bonds is 6. The van der Waals surface area contributed by atoms with Crippen LogP contribution in [0.4, 0.5) is 0 Å². The Labute approximate surface area is 214 Å². The first-order valence-electron chi connectivity index (χ1n) is 13.2. The van der Waals surface area contributed by atoms with Gasteiger partial charge in [-0.1, -0.05) is 59.3 Å². The van der Waals surface area contributed by atoms with Crippen molar-refractivity contribution in [3.05, 3.63) is 24.3 Å². The highest BCUT2D eigenvalue weighted by atomic mass is 16.6. The van der Waals surface area contributed by atoms with Gasteiger partial charge in [0.15, 0.2) is 0 Å². The topological polar surface area (TPSA) is 96.4 Å². The summed E-state index contributed by atoms with van der Waals surface area (Å²) in [6, 6.07) is -1.55. The van der Waals surface area contributed by atoms with E-state index in [9.17, 15) is 19.5 Å². The largest absolute Gasteiger partial charge is 0.461 e. The zero-order chi connectivity index (χ0) is 26.6. The molecule has 0 bridgehead atoms. The van der Waals surface area contributed by atoms with Crippen molar-refractivity contribution in [3.63, 3.8) is 0 Å². The number of esters is 1. The summed E-state index contributed by atoms with van der Waals surface area (Å²) in [6.45, 7) is 14.7. The molecule has 4 heterocycles. The molecule has 1 N–H and O–H groups in total. The lowest BCUT2D eigenvalue weighted by atomic mass is 9.77. The summed E-state index contributed by atoms with van der Waals surface area (Å²) in [5.74, 6) is -2.81. The fraction of sp³-hybridized carbons (Fsp3) is 0.750. The van der Waals surface area contributed by atoms with Crippen LogP contribution in [-0.4, -0.2) is 81.8 Å². The Bertz CT molecular complexity index is 966. The molecule has 4 rings (SSSR count). The second-order valence-electron chi connectivity index (χ2n) is 12.7. The predicted molar refractivity (Wildman–Crippen MR) is 135 cm³/mol. The minimum atomic E-state index is -1.31. The number of fused-ring (bicyclic) bond motifs is 2. The fourth-order valence-corrected chi connectivity index (χ4v) is 7.02. The standard InChI is InChI=1S/C28H42N2O6/c1-8-17(2)18(15-31)30-22-24(33)29(27(6,7)16-26(3,4)5)13-10-12-28(22)21(23(30)32)20-19(36-28)11-9-14-35-25(20)34/h9-12,17-22,31H,8,13-16H2,1-7H3/t17-,18-,19-,20+,21-,22?,28-/m0/s1. The average Bonchev–Trinajstić information content (AvgIpc) is 3.07. The second-order valence-corrected chi connectivity index (χ2v) is 12.7. The molecule has 0 radical (unpaired) electrons. The van der Waals surface area contributed by atoms with Crippen molar-refractivity contribution in [2.75, 3.05) is 19.8 Å². The van der Waals surface area contributed by atoms with Crippen molar-refractivity contribution in [3.8, 4) is 0 Å². The number of aliphatic hydroxyl groups excluding tert-OH is 1. The molecule has 1 spiro atoms. The summed E-state index contributed by atoms with van der Waals surface area (Å²) in [5.41, 5.74) is -1.83. The van der Waals surface area contributed by atoms with Crippen LogP contribution in [0.2, 0.25) is 0 Å². The van der Waals surface area contributed by atoms with Crippen LogP contribution in [0.25, 0.3) is 0 Å². The molecule has 0 aromatic rings. The molecule has 2 fully saturated rings. The monoisotopic (exact) mass is 502 g/mol. The third-order valence-corrected chi connectivity index (χ3v) is 8.39. The molecule has 2 amide bonds. The number of aliphatic hydroxyl groups is 1. The van der Waals surface area contributed by atoms with E-state index in [1.54, 1.807) is 17.1 Å². The highest BCUT2D eigenvalue weighted by molar-refractivity contribution is 5.99. The van der Waals surface area contributed by atoms with E-state index in [0.717, 1.165) is 12.8 Å². The third-order valence-electron chi connectivity index (χ3n) is 8.39. The quantitative estimate of drug-likeness (QED) is 0.443. The molecule has 4 aliphatic heterocycles. The summed E-state index contributed by atoms with van der Waals surface area (Å²) >= 11 is 0. The summed E-state index contributed by atoms with van der Waals surface area (Å²) in [7, 11) is 0. The number of hydrogen-bond donors (Lipinski definition) is 1. The molecule has 0 aromatic carbocycles. The highest BCUT2D eigenvalue weighted by Gasteiger charge is 2.73. The minimum absolute atomic E-state index is 0.0266. The molecule has 4 aliphatic rings. The summed E-state index contributed by atoms with van der Waals surface area (Å²) in [4.78, 5) is 45.2. The SMILES string of the molecule is CC[C@H](C)[C@H](CO)N1C(=O)[C@@H]2[C@@H]3C(=O)OCC=C[C@@H]3O[C@@]23C=CCN(C(C)(C)CC(C)(C)C)C(=O)C13. The number of carbonyl (C=O) groups is 3. The highest BCUT2D eigenvalue weighted by Crippen LogP contribution is 2.54. The van der Waals surface area contributed by atoms with Gasteiger partial charge in [-0.2, -0.15) is 0 Å². The maximum absolute atomic E-state index is 14.5. The van der Waals surface area contributed by atoms with Gasteiger partial charge in [-0.05, 0) is 37.7 Å². The molecule has 1 unspecified atom stereocenters. The molecular formula is C28H42N2O6. The van der Waals surface area contributed by atoms with Crippen LogP contribution in [-0.2, 0) is 23.9 Å². The molecular weight excluding hydrogens is 460 g/mol. The number of amides is 2. The maximum Gasteiger partial charge on any atom is 0.313 e. The number of carbonyl (C=O) groups excluding carboxylic acids is 3. The zero-order valence-corrected chi connectivity index (χ0v) is 22.7. The van der Waals surface area contributed by atoms with Crippen molar-refractivity contribution in [2.45, 2.75) is 90.6 Å². The van der Waals surface area contributed by atoms with Gasteiger partial charge in [0, 0.05) is 12.1 Å². The van der Waals surface area contributed by atoms with Crippen LogP contribution < -0.4 is 0 Å². The Hall–Kier alpha value is -2.19. The lowest BCUT2D eigenvalue weighted by molar-refractivity contribution is -0.157. The molecule has 200 valence electrons. The van der Waals surface area contributed by atoms with Crippen LogP contribution >= 0.6 is 0 Å². The van der Waals surface area contributed by atoms with Crippen LogP contribution in [0.15, 0.2) is 24.3 Å². The Morgan fingerprint density at radius 1 is 1.14 bits per heavy atom. The average molecular weight is 503 g/mol. The van der Waals surface area contributed by atoms with Gasteiger partial charge >= 0.3 is 5.97 Å². The lowest BCUT2D eigenvalue weighted by Gasteiger charge is -2.46. The summed E-state index contributed by atoms with van der Waals surface area (Å²) in [5, 5.41) is 10.4. The minimum Gasteiger partial charge on any atom is -0.461 e. The van der Waals surface area contributed by atoms with Gasteiger partial charge in [0.2, 0.25) is 11.8 Å². The number of nitrogens with zero attached hydrogens (tertiary/aromatic N) is 2. The number of hydrogen-bond acceptors (Lipinski definition) is 6. The number of likely N-dealkylation sites (tertiary alicyclic amines) is 1. The molecule has 2 saturated heterocycles. The van der Waals surface area contributed by atoms with E-state index in [-0.39, 0.29) is 36.4 Å². The first-order chi connectivity index (χ1) is 16.8. The van der Waals surface area contributed by atoms with E-state index in [2.05, 4.69) is 34.6 Å². The number of ether oxygens (including phenoxy) is 2. The van der Waals surface area contributed by atoms with Gasteiger partial charge in [-0.15, -0.1) is 0 Å². The molecule has 0 saturated carbocycles. The molecule has 0 aliphatic carbocycles. The van der Waals surface area contributed by atoms with Gasteiger partial charge in [0.1, 0.15) is 24.2 Å². The lowest BCUT2D eigenvalue weighted by Crippen LogP contribution is -2.62. The Morgan fingerprint density at radius 3 is 2.44 bits per heavy atom. The van der Waals surface area contributed by atoms with Crippen molar-refractivity contribution in [1.82, 2.24) is 9.80 Å².